The summed E-state index contributed by atoms with van der Waals surface area (Å²) in [6.45, 7) is -0.122. The van der Waals surface area contributed by atoms with E-state index in [1.165, 1.54) is 6.07 Å². The molecule has 0 bridgehead atoms. The summed E-state index contributed by atoms with van der Waals surface area (Å²) in [5.41, 5.74) is 5.27. The summed E-state index contributed by atoms with van der Waals surface area (Å²) in [5, 5.41) is 13.3. The monoisotopic (exact) mass is 245 g/mol. The Hall–Kier alpha value is -1.82. The average molecular weight is 246 g/mol. The van der Waals surface area contributed by atoms with Crippen LogP contribution in [0.5, 0.6) is 0 Å². The molecule has 7 heteroatoms. The number of halogens is 2. The maximum Gasteiger partial charge on any atom is 0.253 e. The Balaban J connectivity index is 2.74. The maximum absolute atomic E-state index is 12.7. The number of nitrogens with one attached hydrogen (secondary N) is 1. The predicted octanol–water partition coefficient (Wildman–Crippen LogP) is 0.955. The van der Waals surface area contributed by atoms with Crippen LogP contribution in [0.2, 0.25) is 5.02 Å². The minimum atomic E-state index is -0.531. The van der Waals surface area contributed by atoms with E-state index in [1.807, 2.05) is 0 Å². The molecule has 1 aromatic rings. The number of nitrogens with zero attached hydrogens (tertiary/aromatic N) is 1. The van der Waals surface area contributed by atoms with Crippen molar-refractivity contribution in [3.8, 4) is 0 Å². The van der Waals surface area contributed by atoms with E-state index in [-0.39, 0.29) is 23.0 Å². The first-order chi connectivity index (χ1) is 7.54. The highest BCUT2D eigenvalue weighted by Gasteiger charge is 2.10. The van der Waals surface area contributed by atoms with Crippen molar-refractivity contribution in [2.24, 2.45) is 10.9 Å². The summed E-state index contributed by atoms with van der Waals surface area (Å²) in [4.78, 5) is 11.5. The van der Waals surface area contributed by atoms with E-state index in [0.717, 1.165) is 12.1 Å². The molecule has 1 amide bonds. The summed E-state index contributed by atoms with van der Waals surface area (Å²) in [7, 11) is 0. The van der Waals surface area contributed by atoms with Crippen molar-refractivity contribution in [1.29, 1.82) is 0 Å². The second-order valence-electron chi connectivity index (χ2n) is 2.90. The van der Waals surface area contributed by atoms with E-state index in [4.69, 9.17) is 22.5 Å². The Labute approximate surface area is 95.7 Å². The first-order valence-electron chi connectivity index (χ1n) is 4.24. The smallest absolute Gasteiger partial charge is 0.253 e. The minimum Gasteiger partial charge on any atom is -0.409 e. The molecule has 0 aliphatic heterocycles. The molecule has 0 fully saturated rings. The number of carbonyl (C=O) groups is 1. The van der Waals surface area contributed by atoms with Gasteiger partial charge in [-0.05, 0) is 18.2 Å². The van der Waals surface area contributed by atoms with Crippen LogP contribution < -0.4 is 11.1 Å². The highest BCUT2D eigenvalue weighted by molar-refractivity contribution is 6.33. The number of amidine groups is 1. The zero-order valence-corrected chi connectivity index (χ0v) is 8.83. The Morgan fingerprint density at radius 1 is 1.62 bits per heavy atom. The first kappa shape index (κ1) is 12.3. The van der Waals surface area contributed by atoms with Crippen LogP contribution in [0.25, 0.3) is 0 Å². The van der Waals surface area contributed by atoms with Crippen molar-refractivity contribution in [1.82, 2.24) is 5.32 Å². The molecule has 0 unspecified atom stereocenters. The minimum absolute atomic E-state index is 0.00277. The van der Waals surface area contributed by atoms with Crippen molar-refractivity contribution in [2.75, 3.05) is 6.54 Å². The number of oxime groups is 1. The third-order valence-electron chi connectivity index (χ3n) is 1.73. The summed E-state index contributed by atoms with van der Waals surface area (Å²) in [6, 6.07) is 3.39. The molecule has 1 rings (SSSR count). The molecule has 0 aliphatic rings. The highest BCUT2D eigenvalue weighted by atomic mass is 35.5. The predicted molar refractivity (Wildman–Crippen MR) is 57.2 cm³/mol. The zero-order valence-electron chi connectivity index (χ0n) is 8.08. The third-order valence-corrected chi connectivity index (χ3v) is 2.05. The van der Waals surface area contributed by atoms with E-state index in [2.05, 4.69) is 10.5 Å². The summed E-state index contributed by atoms with van der Waals surface area (Å²) in [6.07, 6.45) is 0. The van der Waals surface area contributed by atoms with Gasteiger partial charge in [0.2, 0.25) is 0 Å². The Bertz CT molecular complexity index is 437. The fourth-order valence-corrected chi connectivity index (χ4v) is 1.23. The SMILES string of the molecule is N/C(CNC(=O)c1ccc(F)cc1Cl)=N\O. The molecule has 4 N–H and O–H groups in total. The number of carbonyl (C=O) groups excluding carboxylic acids is 1. The van der Waals surface area contributed by atoms with Crippen LogP contribution in [0, 0.1) is 5.82 Å². The molecule has 16 heavy (non-hydrogen) atoms. The van der Waals surface area contributed by atoms with Gasteiger partial charge in [0.25, 0.3) is 5.91 Å². The number of rotatable bonds is 3. The second kappa shape index (κ2) is 5.32. The lowest BCUT2D eigenvalue weighted by molar-refractivity contribution is 0.0959. The van der Waals surface area contributed by atoms with Gasteiger partial charge in [-0.25, -0.2) is 4.39 Å². The number of benzene rings is 1. The lowest BCUT2D eigenvalue weighted by atomic mass is 10.2. The number of hydrogen-bond acceptors (Lipinski definition) is 3. The lowest BCUT2D eigenvalue weighted by Crippen LogP contribution is -2.33. The van der Waals surface area contributed by atoms with E-state index in [0.29, 0.717) is 0 Å². The highest BCUT2D eigenvalue weighted by Crippen LogP contribution is 2.16. The number of nitrogens with two attached hydrogens (primary N) is 1. The standard InChI is InChI=1S/C9H9ClFN3O2/c10-7-3-5(11)1-2-6(7)9(15)13-4-8(12)14-16/h1-3,16H,4H2,(H2,12,14)(H,13,15). The van der Waals surface area contributed by atoms with Crippen LogP contribution in [0.15, 0.2) is 23.4 Å². The molecule has 0 saturated carbocycles. The average Bonchev–Trinajstić information content (AvgIpc) is 2.25. The van der Waals surface area contributed by atoms with Crippen LogP contribution in [0.3, 0.4) is 0 Å². The summed E-state index contributed by atoms with van der Waals surface area (Å²) < 4.78 is 12.7. The van der Waals surface area contributed by atoms with Gasteiger partial charge in [-0.2, -0.15) is 0 Å². The van der Waals surface area contributed by atoms with Gasteiger partial charge in [0.1, 0.15) is 5.82 Å². The lowest BCUT2D eigenvalue weighted by Gasteiger charge is -2.05. The molecule has 86 valence electrons. The second-order valence-corrected chi connectivity index (χ2v) is 3.31. The van der Waals surface area contributed by atoms with Gasteiger partial charge in [-0.1, -0.05) is 16.8 Å². The molecule has 0 saturated heterocycles. The molecule has 0 spiro atoms. The molecular formula is C9H9ClFN3O2. The normalized spacial score (nSPS) is 11.2. The molecule has 0 aliphatic carbocycles. The van der Waals surface area contributed by atoms with Gasteiger partial charge in [0.05, 0.1) is 17.1 Å². The van der Waals surface area contributed by atoms with Crippen LogP contribution in [-0.4, -0.2) is 23.5 Å². The largest absolute Gasteiger partial charge is 0.409 e. The number of amides is 1. The molecule has 0 heterocycles. The Morgan fingerprint density at radius 3 is 2.88 bits per heavy atom. The Kier molecular flexibility index (Phi) is 4.07. The topological polar surface area (TPSA) is 87.7 Å². The van der Waals surface area contributed by atoms with Gasteiger partial charge >= 0.3 is 0 Å². The van der Waals surface area contributed by atoms with Gasteiger partial charge in [-0.3, -0.25) is 4.79 Å². The van der Waals surface area contributed by atoms with Crippen molar-refractivity contribution >= 4 is 23.3 Å². The van der Waals surface area contributed by atoms with Gasteiger partial charge in [0.15, 0.2) is 5.84 Å². The summed E-state index contributed by atoms with van der Waals surface area (Å²) in [5.74, 6) is -1.21. The van der Waals surface area contributed by atoms with Crippen molar-refractivity contribution in [2.45, 2.75) is 0 Å². The molecule has 0 aromatic heterocycles. The maximum atomic E-state index is 12.7. The molecule has 0 atom stereocenters. The van der Waals surface area contributed by atoms with E-state index in [9.17, 15) is 9.18 Å². The van der Waals surface area contributed by atoms with Crippen molar-refractivity contribution in [3.05, 3.63) is 34.6 Å². The van der Waals surface area contributed by atoms with Crippen LogP contribution in [0.4, 0.5) is 4.39 Å². The van der Waals surface area contributed by atoms with Gasteiger partial charge in [0, 0.05) is 0 Å². The molecule has 5 nitrogen and oxygen atoms in total. The van der Waals surface area contributed by atoms with Crippen LogP contribution in [-0.2, 0) is 0 Å². The fourth-order valence-electron chi connectivity index (χ4n) is 0.975. The van der Waals surface area contributed by atoms with Crippen LogP contribution >= 0.6 is 11.6 Å². The van der Waals surface area contributed by atoms with E-state index >= 15 is 0 Å². The third kappa shape index (κ3) is 3.09. The van der Waals surface area contributed by atoms with Crippen molar-refractivity contribution in [3.63, 3.8) is 0 Å². The zero-order chi connectivity index (χ0) is 12.1. The molecule has 1 aromatic carbocycles. The Morgan fingerprint density at radius 2 is 2.31 bits per heavy atom. The quantitative estimate of drug-likeness (QED) is 0.321. The molecule has 0 radical (unpaired) electrons. The van der Waals surface area contributed by atoms with E-state index < -0.39 is 11.7 Å². The van der Waals surface area contributed by atoms with Gasteiger partial charge < -0.3 is 16.3 Å². The van der Waals surface area contributed by atoms with E-state index in [1.54, 1.807) is 0 Å². The fraction of sp³-hybridized carbons (Fsp3) is 0.111. The van der Waals surface area contributed by atoms with Crippen molar-refractivity contribution < 1.29 is 14.4 Å². The summed E-state index contributed by atoms with van der Waals surface area (Å²) >= 11 is 5.66. The van der Waals surface area contributed by atoms with Crippen LogP contribution in [0.1, 0.15) is 10.4 Å². The molecular weight excluding hydrogens is 237 g/mol. The number of hydrogen-bond donors (Lipinski definition) is 3. The van der Waals surface area contributed by atoms with Gasteiger partial charge in [-0.15, -0.1) is 0 Å². The first-order valence-corrected chi connectivity index (χ1v) is 4.62.